The zero-order chi connectivity index (χ0) is 18.5. The molecular formula is C18H18N2O5S. The van der Waals surface area contributed by atoms with Crippen LogP contribution in [0.5, 0.6) is 5.75 Å². The van der Waals surface area contributed by atoms with Crippen LogP contribution in [-0.4, -0.2) is 23.3 Å². The minimum atomic E-state index is -0.509. The summed E-state index contributed by atoms with van der Waals surface area (Å²) >= 11 is 1.31. The number of aromatic nitrogens is 2. The van der Waals surface area contributed by atoms with E-state index in [0.717, 1.165) is 16.9 Å². The molecule has 3 aromatic rings. The van der Waals surface area contributed by atoms with Gasteiger partial charge in [-0.1, -0.05) is 23.9 Å². The van der Waals surface area contributed by atoms with Crippen molar-refractivity contribution in [1.29, 1.82) is 0 Å². The summed E-state index contributed by atoms with van der Waals surface area (Å²) in [6, 6.07) is 9.28. The van der Waals surface area contributed by atoms with Gasteiger partial charge < -0.3 is 18.3 Å². The lowest BCUT2D eigenvalue weighted by Gasteiger charge is -2.07. The van der Waals surface area contributed by atoms with E-state index in [1.54, 1.807) is 12.1 Å². The molecule has 2 heterocycles. The maximum Gasteiger partial charge on any atom is 0.373 e. The van der Waals surface area contributed by atoms with Crippen LogP contribution in [0.1, 0.15) is 33.3 Å². The van der Waals surface area contributed by atoms with Crippen molar-refractivity contribution in [3.05, 3.63) is 58.9 Å². The van der Waals surface area contributed by atoms with E-state index in [9.17, 15) is 4.79 Å². The van der Waals surface area contributed by atoms with E-state index >= 15 is 0 Å². The van der Waals surface area contributed by atoms with Crippen molar-refractivity contribution in [3.8, 4) is 5.75 Å². The van der Waals surface area contributed by atoms with Gasteiger partial charge >= 0.3 is 5.97 Å². The third-order valence-corrected chi connectivity index (χ3v) is 4.37. The Morgan fingerprint density at radius 1 is 1.15 bits per heavy atom. The SMILES string of the molecule is COC(=O)c1ccc(CSc2nnc(COc3cc(C)ccc3C)o2)o1. The summed E-state index contributed by atoms with van der Waals surface area (Å²) in [5, 5.41) is 8.35. The molecule has 0 radical (unpaired) electrons. The van der Waals surface area contributed by atoms with Gasteiger partial charge in [-0.3, -0.25) is 0 Å². The first-order valence-corrected chi connectivity index (χ1v) is 8.86. The van der Waals surface area contributed by atoms with Crippen molar-refractivity contribution in [2.24, 2.45) is 0 Å². The van der Waals surface area contributed by atoms with Crippen LogP contribution in [0.25, 0.3) is 0 Å². The molecule has 0 aliphatic carbocycles. The monoisotopic (exact) mass is 374 g/mol. The van der Waals surface area contributed by atoms with Crippen LogP contribution in [-0.2, 0) is 17.1 Å². The third-order valence-electron chi connectivity index (χ3n) is 3.53. The van der Waals surface area contributed by atoms with Gasteiger partial charge in [-0.15, -0.1) is 10.2 Å². The summed E-state index contributed by atoms with van der Waals surface area (Å²) in [4.78, 5) is 11.4. The Morgan fingerprint density at radius 2 is 2.00 bits per heavy atom. The quantitative estimate of drug-likeness (QED) is 0.454. The van der Waals surface area contributed by atoms with Crippen LogP contribution in [0.15, 0.2) is 44.4 Å². The molecule has 0 aliphatic heterocycles. The van der Waals surface area contributed by atoms with E-state index in [1.165, 1.54) is 18.9 Å². The first-order valence-electron chi connectivity index (χ1n) is 7.87. The normalized spacial score (nSPS) is 10.7. The molecule has 26 heavy (non-hydrogen) atoms. The topological polar surface area (TPSA) is 87.6 Å². The Balaban J connectivity index is 1.54. The maximum absolute atomic E-state index is 11.4. The van der Waals surface area contributed by atoms with Gasteiger partial charge in [-0.2, -0.15) is 0 Å². The van der Waals surface area contributed by atoms with E-state index in [4.69, 9.17) is 13.6 Å². The molecule has 0 atom stereocenters. The fourth-order valence-corrected chi connectivity index (χ4v) is 2.83. The molecule has 0 aliphatic rings. The molecule has 0 unspecified atom stereocenters. The van der Waals surface area contributed by atoms with Crippen molar-refractivity contribution >= 4 is 17.7 Å². The maximum atomic E-state index is 11.4. The average molecular weight is 374 g/mol. The number of aryl methyl sites for hydroxylation is 2. The number of rotatable bonds is 7. The van der Waals surface area contributed by atoms with Crippen molar-refractivity contribution in [2.45, 2.75) is 31.4 Å². The fourth-order valence-electron chi connectivity index (χ4n) is 2.16. The first kappa shape index (κ1) is 18.1. The number of methoxy groups -OCH3 is 1. The number of hydrogen-bond acceptors (Lipinski definition) is 8. The second kappa shape index (κ2) is 8.09. The minimum Gasteiger partial charge on any atom is -0.484 e. The molecule has 1 aromatic carbocycles. The first-order chi connectivity index (χ1) is 12.5. The summed E-state index contributed by atoms with van der Waals surface area (Å²) in [5.74, 6) is 1.91. The van der Waals surface area contributed by atoms with Crippen molar-refractivity contribution in [2.75, 3.05) is 7.11 Å². The highest BCUT2D eigenvalue weighted by molar-refractivity contribution is 7.98. The Labute approximate surface area is 154 Å². The molecule has 0 fully saturated rings. The molecule has 3 rings (SSSR count). The predicted octanol–water partition coefficient (Wildman–Crippen LogP) is 3.94. The minimum absolute atomic E-state index is 0.163. The van der Waals surface area contributed by atoms with Crippen LogP contribution in [0, 0.1) is 13.8 Å². The fraction of sp³-hybridized carbons (Fsp3) is 0.278. The Hall–Kier alpha value is -2.74. The molecule has 0 spiro atoms. The molecule has 136 valence electrons. The van der Waals surface area contributed by atoms with Crippen LogP contribution in [0.3, 0.4) is 0 Å². The van der Waals surface area contributed by atoms with Gasteiger partial charge in [0.1, 0.15) is 11.5 Å². The molecule has 0 N–H and O–H groups in total. The summed E-state index contributed by atoms with van der Waals surface area (Å²) in [6.07, 6.45) is 0. The highest BCUT2D eigenvalue weighted by Crippen LogP contribution is 2.24. The van der Waals surface area contributed by atoms with E-state index in [2.05, 4.69) is 14.9 Å². The van der Waals surface area contributed by atoms with Gasteiger partial charge in [0.25, 0.3) is 11.1 Å². The second-order valence-electron chi connectivity index (χ2n) is 5.57. The van der Waals surface area contributed by atoms with Crippen LogP contribution in [0.4, 0.5) is 0 Å². The molecule has 8 heteroatoms. The Morgan fingerprint density at radius 3 is 2.81 bits per heavy atom. The van der Waals surface area contributed by atoms with Crippen LogP contribution < -0.4 is 4.74 Å². The van der Waals surface area contributed by atoms with E-state index in [1.807, 2.05) is 32.0 Å². The molecule has 0 bridgehead atoms. The number of esters is 1. The van der Waals surface area contributed by atoms with Crippen molar-refractivity contribution in [1.82, 2.24) is 10.2 Å². The number of ether oxygens (including phenoxy) is 2. The molecule has 2 aromatic heterocycles. The lowest BCUT2D eigenvalue weighted by Crippen LogP contribution is -1.98. The number of nitrogens with zero attached hydrogens (tertiary/aromatic N) is 2. The van der Waals surface area contributed by atoms with Gasteiger partial charge in [0.05, 0.1) is 12.9 Å². The van der Waals surface area contributed by atoms with Crippen LogP contribution in [0.2, 0.25) is 0 Å². The number of furan rings is 1. The smallest absolute Gasteiger partial charge is 0.373 e. The molecule has 0 saturated heterocycles. The number of carbonyl (C=O) groups excluding carboxylic acids is 1. The highest BCUT2D eigenvalue weighted by Gasteiger charge is 2.13. The lowest BCUT2D eigenvalue weighted by molar-refractivity contribution is 0.0563. The third kappa shape index (κ3) is 4.45. The molecular weight excluding hydrogens is 356 g/mol. The zero-order valence-electron chi connectivity index (χ0n) is 14.6. The summed E-state index contributed by atoms with van der Waals surface area (Å²) in [6.45, 7) is 4.19. The number of thioether (sulfide) groups is 1. The van der Waals surface area contributed by atoms with Gasteiger partial charge in [0.2, 0.25) is 5.76 Å². The average Bonchev–Trinajstić information content (AvgIpc) is 3.29. The van der Waals surface area contributed by atoms with Crippen molar-refractivity contribution < 1.29 is 23.1 Å². The lowest BCUT2D eigenvalue weighted by atomic mass is 10.1. The Kier molecular flexibility index (Phi) is 5.62. The predicted molar refractivity (Wildman–Crippen MR) is 94.2 cm³/mol. The zero-order valence-corrected chi connectivity index (χ0v) is 15.5. The van der Waals surface area contributed by atoms with Gasteiger partial charge in [0.15, 0.2) is 6.61 Å². The number of benzene rings is 1. The highest BCUT2D eigenvalue weighted by atomic mass is 32.2. The van der Waals surface area contributed by atoms with E-state index in [0.29, 0.717) is 22.6 Å². The summed E-state index contributed by atoms with van der Waals surface area (Å²) in [7, 11) is 1.31. The number of carbonyl (C=O) groups is 1. The molecule has 0 amide bonds. The second-order valence-corrected chi connectivity index (χ2v) is 6.49. The molecule has 7 nitrogen and oxygen atoms in total. The van der Waals surface area contributed by atoms with Gasteiger partial charge in [-0.05, 0) is 43.2 Å². The Bertz CT molecular complexity index is 903. The summed E-state index contributed by atoms with van der Waals surface area (Å²) < 4.78 is 21.3. The number of hydrogen-bond donors (Lipinski definition) is 0. The van der Waals surface area contributed by atoms with Crippen LogP contribution >= 0.6 is 11.8 Å². The van der Waals surface area contributed by atoms with Gasteiger partial charge in [-0.25, -0.2) is 4.79 Å². The summed E-state index contributed by atoms with van der Waals surface area (Å²) in [5.41, 5.74) is 2.17. The van der Waals surface area contributed by atoms with E-state index < -0.39 is 5.97 Å². The largest absolute Gasteiger partial charge is 0.484 e. The standard InChI is InChI=1S/C18H18N2O5S/c1-11-4-5-12(2)15(8-11)23-9-16-19-20-18(25-16)26-10-13-6-7-14(24-13)17(21)22-3/h4-8H,9-10H2,1-3H3. The molecule has 0 saturated carbocycles. The van der Waals surface area contributed by atoms with E-state index in [-0.39, 0.29) is 12.4 Å². The van der Waals surface area contributed by atoms with Gasteiger partial charge in [0, 0.05) is 0 Å². The van der Waals surface area contributed by atoms with Crippen molar-refractivity contribution in [3.63, 3.8) is 0 Å².